The number of rotatable bonds is 4. The van der Waals surface area contributed by atoms with E-state index in [1.807, 2.05) is 0 Å². The highest BCUT2D eigenvalue weighted by molar-refractivity contribution is 6.19. The van der Waals surface area contributed by atoms with Crippen LogP contribution in [0.5, 0.6) is 0 Å². The van der Waals surface area contributed by atoms with Crippen molar-refractivity contribution in [3.8, 4) is 11.1 Å². The summed E-state index contributed by atoms with van der Waals surface area (Å²) in [5, 5.41) is 12.8. The van der Waals surface area contributed by atoms with Gasteiger partial charge in [0.05, 0.1) is 24.7 Å². The normalized spacial score (nSPS) is 16.3. The fourth-order valence-electron chi connectivity index (χ4n) is 3.91. The van der Waals surface area contributed by atoms with Crippen LogP contribution < -0.4 is 11.1 Å². The van der Waals surface area contributed by atoms with Crippen LogP contribution in [0.2, 0.25) is 0 Å². The van der Waals surface area contributed by atoms with E-state index >= 15 is 0 Å². The molecule has 0 spiro atoms. The Morgan fingerprint density at radius 1 is 1.07 bits per heavy atom. The number of carbonyl (C=O) groups is 3. The molecule has 4 N–H and O–H groups in total. The van der Waals surface area contributed by atoms with Crippen molar-refractivity contribution in [1.29, 1.82) is 0 Å². The summed E-state index contributed by atoms with van der Waals surface area (Å²) in [6, 6.07) is 12.8. The summed E-state index contributed by atoms with van der Waals surface area (Å²) >= 11 is 0. The largest absolute Gasteiger partial charge is 0.480 e. The van der Waals surface area contributed by atoms with E-state index in [2.05, 4.69) is 10.3 Å². The van der Waals surface area contributed by atoms with Crippen LogP contribution in [0.4, 0.5) is 11.4 Å². The second-order valence-corrected chi connectivity index (χ2v) is 6.74. The number of carbonyl (C=O) groups excluding carboxylic acids is 2. The van der Waals surface area contributed by atoms with Crippen molar-refractivity contribution in [1.82, 2.24) is 4.98 Å². The number of amides is 1. The Kier molecular flexibility index (Phi) is 4.46. The number of ether oxygens (including phenoxy) is 1. The minimum absolute atomic E-state index is 0.176. The number of aromatic nitrogens is 1. The van der Waals surface area contributed by atoms with Gasteiger partial charge in [-0.15, -0.1) is 0 Å². The number of carboxylic acid groups (broad SMARTS) is 1. The van der Waals surface area contributed by atoms with Gasteiger partial charge in [0.1, 0.15) is 0 Å². The molecule has 4 rings (SSSR count). The van der Waals surface area contributed by atoms with Crippen LogP contribution in [0, 0.1) is 0 Å². The molecule has 150 valence electrons. The van der Waals surface area contributed by atoms with E-state index in [-0.39, 0.29) is 16.7 Å². The molecule has 1 aromatic heterocycles. The minimum atomic E-state index is -2.07. The van der Waals surface area contributed by atoms with E-state index in [0.717, 1.165) is 7.11 Å². The van der Waals surface area contributed by atoms with Crippen molar-refractivity contribution in [2.24, 2.45) is 0 Å². The van der Waals surface area contributed by atoms with Gasteiger partial charge < -0.3 is 20.9 Å². The van der Waals surface area contributed by atoms with Gasteiger partial charge in [-0.3, -0.25) is 19.4 Å². The number of aliphatic carboxylic acids is 1. The third-order valence-corrected chi connectivity index (χ3v) is 5.23. The Hall–Kier alpha value is -4.20. The van der Waals surface area contributed by atoms with Crippen molar-refractivity contribution in [2.75, 3.05) is 18.2 Å². The molecule has 8 heteroatoms. The van der Waals surface area contributed by atoms with Gasteiger partial charge in [0.2, 0.25) is 5.41 Å². The zero-order valence-electron chi connectivity index (χ0n) is 15.9. The first kappa shape index (κ1) is 19.1. The van der Waals surface area contributed by atoms with Crippen LogP contribution >= 0.6 is 0 Å². The lowest BCUT2D eigenvalue weighted by molar-refractivity contribution is -0.157. The monoisotopic (exact) mass is 403 g/mol. The van der Waals surface area contributed by atoms with E-state index in [4.69, 9.17) is 10.5 Å². The second-order valence-electron chi connectivity index (χ2n) is 6.74. The molecular weight excluding hydrogens is 386 g/mol. The topological polar surface area (TPSA) is 132 Å². The summed E-state index contributed by atoms with van der Waals surface area (Å²) in [5.74, 6) is -2.82. The number of anilines is 2. The number of benzene rings is 2. The standard InChI is InChI=1S/C22H17N3O5/c1-30-21(29)22(20(27)28)14-7-3-2-5-12(14)18-13(6-4-8-15(18)22)19(26)25-17-11-24-10-9-16(17)23/h2-11H,1H3,(H2,23,24)(H,25,26)(H,27,28). The van der Waals surface area contributed by atoms with Crippen LogP contribution in [0.1, 0.15) is 21.5 Å². The third-order valence-electron chi connectivity index (χ3n) is 5.23. The fourth-order valence-corrected chi connectivity index (χ4v) is 3.91. The van der Waals surface area contributed by atoms with Crippen molar-refractivity contribution < 1.29 is 24.2 Å². The fraction of sp³-hybridized carbons (Fsp3) is 0.0909. The Bertz CT molecular complexity index is 1210. The molecule has 0 radical (unpaired) electrons. The highest BCUT2D eigenvalue weighted by Gasteiger charge is 2.57. The molecule has 1 aliphatic rings. The first-order chi connectivity index (χ1) is 14.4. The highest BCUT2D eigenvalue weighted by atomic mass is 16.5. The van der Waals surface area contributed by atoms with Crippen LogP contribution in [0.3, 0.4) is 0 Å². The van der Waals surface area contributed by atoms with Crippen molar-refractivity contribution in [3.05, 3.63) is 77.6 Å². The summed E-state index contributed by atoms with van der Waals surface area (Å²) in [4.78, 5) is 42.3. The lowest BCUT2D eigenvalue weighted by Gasteiger charge is -2.24. The van der Waals surface area contributed by atoms with Gasteiger partial charge in [0.25, 0.3) is 5.91 Å². The van der Waals surface area contributed by atoms with Crippen molar-refractivity contribution in [2.45, 2.75) is 5.41 Å². The Labute approximate surface area is 171 Å². The summed E-state index contributed by atoms with van der Waals surface area (Å²) < 4.78 is 4.88. The maximum absolute atomic E-state index is 13.1. The number of esters is 1. The molecule has 0 saturated carbocycles. The number of pyridine rings is 1. The van der Waals surface area contributed by atoms with E-state index in [1.54, 1.807) is 36.4 Å². The summed E-state index contributed by atoms with van der Waals surface area (Å²) in [6.07, 6.45) is 2.92. The Morgan fingerprint density at radius 2 is 1.80 bits per heavy atom. The summed E-state index contributed by atoms with van der Waals surface area (Å²) in [6.45, 7) is 0. The molecule has 1 heterocycles. The molecular formula is C22H17N3O5. The molecule has 0 fully saturated rings. The number of nitrogen functional groups attached to an aromatic ring is 1. The Balaban J connectivity index is 1.95. The number of nitrogens with two attached hydrogens (primary N) is 1. The van der Waals surface area contributed by atoms with Gasteiger partial charge in [0.15, 0.2) is 0 Å². The molecule has 2 aromatic carbocycles. The Morgan fingerprint density at radius 3 is 2.50 bits per heavy atom. The predicted octanol–water partition coefficient (Wildman–Crippen LogP) is 2.44. The van der Waals surface area contributed by atoms with Gasteiger partial charge in [-0.25, -0.2) is 0 Å². The molecule has 0 aliphatic heterocycles. The number of hydrogen-bond donors (Lipinski definition) is 3. The molecule has 1 unspecified atom stereocenters. The molecule has 30 heavy (non-hydrogen) atoms. The molecule has 0 bridgehead atoms. The number of hydrogen-bond acceptors (Lipinski definition) is 6. The van der Waals surface area contributed by atoms with Crippen molar-refractivity contribution in [3.63, 3.8) is 0 Å². The van der Waals surface area contributed by atoms with Crippen molar-refractivity contribution >= 4 is 29.2 Å². The number of nitrogens with one attached hydrogen (secondary N) is 1. The third kappa shape index (κ3) is 2.54. The maximum Gasteiger partial charge on any atom is 0.332 e. The van der Waals surface area contributed by atoms with Crippen LogP contribution in [0.15, 0.2) is 60.9 Å². The number of carboxylic acids is 1. The quantitative estimate of drug-likeness (QED) is 0.450. The molecule has 8 nitrogen and oxygen atoms in total. The van der Waals surface area contributed by atoms with Gasteiger partial charge in [-0.2, -0.15) is 0 Å². The van der Waals surface area contributed by atoms with Crippen LogP contribution in [0.25, 0.3) is 11.1 Å². The average Bonchev–Trinajstić information content (AvgIpc) is 3.06. The van der Waals surface area contributed by atoms with E-state index < -0.39 is 23.3 Å². The molecule has 1 aliphatic carbocycles. The minimum Gasteiger partial charge on any atom is -0.480 e. The lowest BCUT2D eigenvalue weighted by atomic mass is 9.78. The van der Waals surface area contributed by atoms with Crippen LogP contribution in [-0.2, 0) is 19.7 Å². The average molecular weight is 403 g/mol. The van der Waals surface area contributed by atoms with Gasteiger partial charge in [0, 0.05) is 17.3 Å². The van der Waals surface area contributed by atoms with E-state index in [9.17, 15) is 19.5 Å². The van der Waals surface area contributed by atoms with E-state index in [1.165, 1.54) is 24.5 Å². The number of nitrogens with zero attached hydrogens (tertiary/aromatic N) is 1. The smallest absolute Gasteiger partial charge is 0.332 e. The molecule has 1 atom stereocenters. The lowest BCUT2D eigenvalue weighted by Crippen LogP contribution is -2.44. The zero-order valence-corrected chi connectivity index (χ0v) is 15.9. The maximum atomic E-state index is 13.1. The SMILES string of the molecule is COC(=O)C1(C(=O)O)c2ccccc2-c2c(C(=O)Nc3cnccc3N)cccc21. The van der Waals surface area contributed by atoms with Gasteiger partial charge >= 0.3 is 11.9 Å². The first-order valence-corrected chi connectivity index (χ1v) is 8.99. The number of fused-ring (bicyclic) bond motifs is 3. The van der Waals surface area contributed by atoms with Gasteiger partial charge in [-0.05, 0) is 28.8 Å². The van der Waals surface area contributed by atoms with E-state index in [0.29, 0.717) is 22.5 Å². The zero-order chi connectivity index (χ0) is 21.5. The second kappa shape index (κ2) is 7.00. The number of methoxy groups -OCH3 is 1. The van der Waals surface area contributed by atoms with Crippen LogP contribution in [-0.4, -0.2) is 35.0 Å². The predicted molar refractivity (Wildman–Crippen MR) is 109 cm³/mol. The summed E-state index contributed by atoms with van der Waals surface area (Å²) in [7, 11) is 1.13. The summed E-state index contributed by atoms with van der Waals surface area (Å²) in [5.41, 5.74) is 5.94. The van der Waals surface area contributed by atoms with Gasteiger partial charge in [-0.1, -0.05) is 36.4 Å². The molecule has 3 aromatic rings. The molecule has 0 saturated heterocycles. The highest BCUT2D eigenvalue weighted by Crippen LogP contribution is 2.51. The first-order valence-electron chi connectivity index (χ1n) is 8.99. The molecule has 1 amide bonds.